The minimum atomic E-state index is -0.0482. The molecule has 25 heavy (non-hydrogen) atoms. The van der Waals surface area contributed by atoms with Crippen LogP contribution in [0.1, 0.15) is 30.7 Å². The normalized spacial score (nSPS) is 22.6. The maximum Gasteiger partial charge on any atom is 0.230 e. The predicted molar refractivity (Wildman–Crippen MR) is 103 cm³/mol. The Balaban J connectivity index is 1.83. The number of aromatic nitrogens is 1. The molecule has 1 aliphatic carbocycles. The summed E-state index contributed by atoms with van der Waals surface area (Å²) in [7, 11) is 2.16. The lowest BCUT2D eigenvalue weighted by Gasteiger charge is -2.40. The van der Waals surface area contributed by atoms with E-state index in [2.05, 4.69) is 62.0 Å². The van der Waals surface area contributed by atoms with Crippen molar-refractivity contribution in [3.63, 3.8) is 0 Å². The standard InChI is InChI=1S/C21H27N3O/c1-5-24(6-2)21(25)14-10-17-15-8-7-9-18-20(15)16(13(3)22-18)11-19(17)23(4)12-14/h7-10,14,19,22H,5-6,11-12H2,1-4H3/t14-,19-/m1/s1. The van der Waals surface area contributed by atoms with Crippen LogP contribution >= 0.6 is 0 Å². The second kappa shape index (κ2) is 6.03. The van der Waals surface area contributed by atoms with Crippen LogP contribution in [0.2, 0.25) is 0 Å². The van der Waals surface area contributed by atoms with E-state index < -0.39 is 0 Å². The first-order chi connectivity index (χ1) is 12.0. The van der Waals surface area contributed by atoms with E-state index in [0.29, 0.717) is 6.04 Å². The minimum absolute atomic E-state index is 0.0482. The number of nitrogens with one attached hydrogen (secondary N) is 1. The molecule has 1 aromatic carbocycles. The van der Waals surface area contributed by atoms with Crippen LogP contribution in [-0.4, -0.2) is 53.4 Å². The summed E-state index contributed by atoms with van der Waals surface area (Å²) in [4.78, 5) is 20.8. The highest BCUT2D eigenvalue weighted by Crippen LogP contribution is 2.42. The molecule has 2 aliphatic rings. The summed E-state index contributed by atoms with van der Waals surface area (Å²) < 4.78 is 0. The lowest BCUT2D eigenvalue weighted by Crippen LogP contribution is -2.47. The Kier molecular flexibility index (Phi) is 3.95. The predicted octanol–water partition coefficient (Wildman–Crippen LogP) is 3.21. The van der Waals surface area contributed by atoms with Crippen LogP contribution < -0.4 is 0 Å². The molecule has 4 heteroatoms. The summed E-state index contributed by atoms with van der Waals surface area (Å²) in [6.45, 7) is 8.64. The molecule has 0 saturated heterocycles. The molecular formula is C21H27N3O. The van der Waals surface area contributed by atoms with Gasteiger partial charge in [0.15, 0.2) is 0 Å². The summed E-state index contributed by atoms with van der Waals surface area (Å²) in [5, 5.41) is 1.35. The van der Waals surface area contributed by atoms with Crippen LogP contribution in [0.25, 0.3) is 16.5 Å². The number of fused-ring (bicyclic) bond motifs is 2. The fourth-order valence-corrected chi connectivity index (χ4v) is 4.65. The van der Waals surface area contributed by atoms with Crippen molar-refractivity contribution in [3.05, 3.63) is 41.1 Å². The number of rotatable bonds is 3. The lowest BCUT2D eigenvalue weighted by molar-refractivity contribution is -0.134. The van der Waals surface area contributed by atoms with Gasteiger partial charge in [-0.25, -0.2) is 0 Å². The second-order valence-electron chi connectivity index (χ2n) is 7.36. The van der Waals surface area contributed by atoms with Crippen molar-refractivity contribution in [1.82, 2.24) is 14.8 Å². The van der Waals surface area contributed by atoms with Gasteiger partial charge in [0, 0.05) is 42.3 Å². The minimum Gasteiger partial charge on any atom is -0.358 e. The molecule has 0 bridgehead atoms. The number of carbonyl (C=O) groups is 1. The summed E-state index contributed by atoms with van der Waals surface area (Å²) in [6, 6.07) is 6.86. The number of aromatic amines is 1. The molecule has 2 aromatic rings. The highest BCUT2D eigenvalue weighted by molar-refractivity contribution is 6.00. The van der Waals surface area contributed by atoms with Gasteiger partial charge in [0.1, 0.15) is 0 Å². The van der Waals surface area contributed by atoms with Gasteiger partial charge in [-0.15, -0.1) is 0 Å². The average molecular weight is 337 g/mol. The third kappa shape index (κ3) is 2.43. The number of nitrogens with zero attached hydrogens (tertiary/aromatic N) is 2. The van der Waals surface area contributed by atoms with Gasteiger partial charge in [-0.3, -0.25) is 9.69 Å². The Bertz CT molecular complexity index is 859. The zero-order chi connectivity index (χ0) is 17.7. The zero-order valence-electron chi connectivity index (χ0n) is 15.6. The van der Waals surface area contributed by atoms with Crippen LogP contribution in [0.15, 0.2) is 24.3 Å². The molecule has 0 unspecified atom stereocenters. The van der Waals surface area contributed by atoms with Crippen molar-refractivity contribution in [3.8, 4) is 0 Å². The molecule has 2 atom stereocenters. The maximum absolute atomic E-state index is 12.9. The molecule has 2 heterocycles. The summed E-state index contributed by atoms with van der Waals surface area (Å²) in [6.07, 6.45) is 3.28. The lowest BCUT2D eigenvalue weighted by atomic mass is 9.79. The van der Waals surface area contributed by atoms with Crippen molar-refractivity contribution in [2.75, 3.05) is 26.7 Å². The molecule has 1 amide bonds. The monoisotopic (exact) mass is 337 g/mol. The number of likely N-dealkylation sites (N-methyl/N-ethyl adjacent to an activating group) is 1. The molecule has 4 rings (SSSR count). The molecule has 0 radical (unpaired) electrons. The largest absolute Gasteiger partial charge is 0.358 e. The molecular weight excluding hydrogens is 310 g/mol. The number of aryl methyl sites for hydroxylation is 1. The first-order valence-electron chi connectivity index (χ1n) is 9.36. The average Bonchev–Trinajstić information content (AvgIpc) is 2.93. The van der Waals surface area contributed by atoms with Crippen molar-refractivity contribution in [2.45, 2.75) is 33.2 Å². The maximum atomic E-state index is 12.9. The number of hydrogen-bond donors (Lipinski definition) is 1. The van der Waals surface area contributed by atoms with Gasteiger partial charge in [0.25, 0.3) is 0 Å². The van der Waals surface area contributed by atoms with E-state index in [1.807, 2.05) is 4.90 Å². The van der Waals surface area contributed by atoms with Crippen LogP contribution in [-0.2, 0) is 11.2 Å². The van der Waals surface area contributed by atoms with E-state index in [1.54, 1.807) is 0 Å². The van der Waals surface area contributed by atoms with Crippen molar-refractivity contribution in [1.29, 1.82) is 0 Å². The fraction of sp³-hybridized carbons (Fsp3) is 0.476. The number of amides is 1. The molecule has 1 N–H and O–H groups in total. The molecule has 4 nitrogen and oxygen atoms in total. The van der Waals surface area contributed by atoms with Gasteiger partial charge in [0.2, 0.25) is 5.91 Å². The highest BCUT2D eigenvalue weighted by Gasteiger charge is 2.36. The number of benzene rings is 1. The van der Waals surface area contributed by atoms with Crippen LogP contribution in [0.3, 0.4) is 0 Å². The van der Waals surface area contributed by atoms with E-state index in [0.717, 1.165) is 26.1 Å². The molecule has 132 valence electrons. The van der Waals surface area contributed by atoms with E-state index in [1.165, 1.54) is 33.3 Å². The van der Waals surface area contributed by atoms with Crippen molar-refractivity contribution >= 4 is 22.4 Å². The molecule has 0 spiro atoms. The van der Waals surface area contributed by atoms with Gasteiger partial charge in [0.05, 0.1) is 5.92 Å². The second-order valence-corrected chi connectivity index (χ2v) is 7.36. The van der Waals surface area contributed by atoms with E-state index in [-0.39, 0.29) is 11.8 Å². The first-order valence-corrected chi connectivity index (χ1v) is 9.36. The summed E-state index contributed by atoms with van der Waals surface area (Å²) in [5.41, 5.74) is 6.56. The van der Waals surface area contributed by atoms with Crippen molar-refractivity contribution < 1.29 is 4.79 Å². The number of hydrogen-bond acceptors (Lipinski definition) is 2. The van der Waals surface area contributed by atoms with E-state index in [9.17, 15) is 4.79 Å². The van der Waals surface area contributed by atoms with Crippen molar-refractivity contribution in [2.24, 2.45) is 5.92 Å². The van der Waals surface area contributed by atoms with Crippen LogP contribution in [0, 0.1) is 12.8 Å². The number of carbonyl (C=O) groups excluding carboxylic acids is 1. The van der Waals surface area contributed by atoms with Gasteiger partial charge in [-0.1, -0.05) is 18.2 Å². The first kappa shape index (κ1) is 16.4. The van der Waals surface area contributed by atoms with Gasteiger partial charge in [-0.2, -0.15) is 0 Å². The highest BCUT2D eigenvalue weighted by atomic mass is 16.2. The van der Waals surface area contributed by atoms with Gasteiger partial charge >= 0.3 is 0 Å². The third-order valence-corrected chi connectivity index (χ3v) is 6.00. The summed E-state index contributed by atoms with van der Waals surface area (Å²) >= 11 is 0. The molecule has 1 aliphatic heterocycles. The quantitative estimate of drug-likeness (QED) is 0.934. The van der Waals surface area contributed by atoms with Crippen LogP contribution in [0.5, 0.6) is 0 Å². The summed E-state index contributed by atoms with van der Waals surface area (Å²) in [5.74, 6) is 0.207. The zero-order valence-corrected chi connectivity index (χ0v) is 15.6. The fourth-order valence-electron chi connectivity index (χ4n) is 4.65. The molecule has 1 aromatic heterocycles. The Morgan fingerprint density at radius 1 is 1.32 bits per heavy atom. The van der Waals surface area contributed by atoms with Gasteiger partial charge < -0.3 is 9.88 Å². The molecule has 0 fully saturated rings. The SMILES string of the molecule is CCN(CC)C(=O)[C@@H]1C=C2c3cccc4[nH]c(C)c(c34)C[C@H]2N(C)C1. The Hall–Kier alpha value is -2.07. The molecule has 0 saturated carbocycles. The Morgan fingerprint density at radius 2 is 2.08 bits per heavy atom. The number of H-pyrrole nitrogens is 1. The van der Waals surface area contributed by atoms with Gasteiger partial charge in [-0.05, 0) is 57.0 Å². The topological polar surface area (TPSA) is 39.3 Å². The van der Waals surface area contributed by atoms with Crippen LogP contribution in [0.4, 0.5) is 0 Å². The van der Waals surface area contributed by atoms with E-state index in [4.69, 9.17) is 0 Å². The Morgan fingerprint density at radius 3 is 2.80 bits per heavy atom. The Labute approximate surface area is 149 Å². The smallest absolute Gasteiger partial charge is 0.230 e. The van der Waals surface area contributed by atoms with E-state index >= 15 is 0 Å². The third-order valence-electron chi connectivity index (χ3n) is 6.00.